The predicted octanol–water partition coefficient (Wildman–Crippen LogP) is -0.868. The first-order valence-corrected chi connectivity index (χ1v) is 6.99. The van der Waals surface area contributed by atoms with Crippen molar-refractivity contribution in [2.24, 2.45) is 5.92 Å². The summed E-state index contributed by atoms with van der Waals surface area (Å²) in [6.45, 7) is 2.96. The van der Waals surface area contributed by atoms with Crippen LogP contribution in [-0.4, -0.2) is 48.2 Å². The molecular weight excluding hydrogens is 246 g/mol. The normalized spacial score (nSPS) is 35.6. The molecule has 2 rings (SSSR count). The molecule has 1 saturated heterocycles. The van der Waals surface area contributed by atoms with Crippen LogP contribution in [0.3, 0.4) is 0 Å². The zero-order valence-electron chi connectivity index (χ0n) is 11.4. The Kier molecular flexibility index (Phi) is 4.42. The largest absolute Gasteiger partial charge is 0.388 e. The molecule has 1 aliphatic carbocycles. The molecule has 6 nitrogen and oxygen atoms in total. The van der Waals surface area contributed by atoms with Crippen LogP contribution in [0.1, 0.15) is 32.6 Å². The zero-order chi connectivity index (χ0) is 13.9. The van der Waals surface area contributed by atoms with Crippen molar-refractivity contribution in [2.75, 3.05) is 19.6 Å². The summed E-state index contributed by atoms with van der Waals surface area (Å²) in [5, 5.41) is 18.7. The van der Waals surface area contributed by atoms with Gasteiger partial charge in [0, 0.05) is 13.1 Å². The van der Waals surface area contributed by atoms with Crippen molar-refractivity contribution < 1.29 is 14.7 Å². The van der Waals surface area contributed by atoms with E-state index >= 15 is 0 Å². The van der Waals surface area contributed by atoms with Crippen molar-refractivity contribution in [1.29, 1.82) is 0 Å². The van der Waals surface area contributed by atoms with Crippen LogP contribution in [0.5, 0.6) is 0 Å². The summed E-state index contributed by atoms with van der Waals surface area (Å²) in [5.41, 5.74) is -0.764. The lowest BCUT2D eigenvalue weighted by molar-refractivity contribution is -0.127. The lowest BCUT2D eigenvalue weighted by Gasteiger charge is -2.35. The van der Waals surface area contributed by atoms with Gasteiger partial charge in [-0.25, -0.2) is 0 Å². The summed E-state index contributed by atoms with van der Waals surface area (Å²) < 4.78 is 0. The Labute approximate surface area is 113 Å². The number of carbonyl (C=O) groups is 2. The second-order valence-corrected chi connectivity index (χ2v) is 5.86. The van der Waals surface area contributed by atoms with Gasteiger partial charge >= 0.3 is 0 Å². The third-order valence-corrected chi connectivity index (χ3v) is 4.13. The van der Waals surface area contributed by atoms with Gasteiger partial charge in [-0.3, -0.25) is 14.9 Å². The van der Waals surface area contributed by atoms with E-state index in [2.05, 4.69) is 22.9 Å². The number of nitrogens with one attached hydrogen (secondary N) is 3. The van der Waals surface area contributed by atoms with Crippen LogP contribution in [0.4, 0.5) is 0 Å². The van der Waals surface area contributed by atoms with Crippen LogP contribution in [0.15, 0.2) is 0 Å². The van der Waals surface area contributed by atoms with Gasteiger partial charge in [0.1, 0.15) is 6.04 Å². The van der Waals surface area contributed by atoms with E-state index in [-0.39, 0.29) is 18.4 Å². The van der Waals surface area contributed by atoms with E-state index in [9.17, 15) is 14.7 Å². The molecule has 1 saturated carbocycles. The van der Waals surface area contributed by atoms with Gasteiger partial charge in [0.05, 0.1) is 12.1 Å². The zero-order valence-corrected chi connectivity index (χ0v) is 11.4. The molecular formula is C13H23N3O3. The van der Waals surface area contributed by atoms with Gasteiger partial charge in [-0.1, -0.05) is 6.92 Å². The van der Waals surface area contributed by atoms with Crippen molar-refractivity contribution in [3.8, 4) is 0 Å². The smallest absolute Gasteiger partial charge is 0.239 e. The summed E-state index contributed by atoms with van der Waals surface area (Å²) in [6, 6.07) is -0.399. The van der Waals surface area contributed by atoms with Crippen molar-refractivity contribution in [3.05, 3.63) is 0 Å². The van der Waals surface area contributed by atoms with E-state index in [0.29, 0.717) is 19.0 Å². The molecule has 1 heterocycles. The number of hydrogen-bond donors (Lipinski definition) is 4. The summed E-state index contributed by atoms with van der Waals surface area (Å²) in [4.78, 5) is 22.9. The molecule has 4 N–H and O–H groups in total. The van der Waals surface area contributed by atoms with E-state index in [1.54, 1.807) is 0 Å². The Morgan fingerprint density at radius 1 is 1.47 bits per heavy atom. The van der Waals surface area contributed by atoms with Crippen LogP contribution in [0.2, 0.25) is 0 Å². The molecule has 0 aromatic rings. The van der Waals surface area contributed by atoms with Gasteiger partial charge in [0.2, 0.25) is 11.8 Å². The number of amides is 2. The Bertz CT molecular complexity index is 341. The topological polar surface area (TPSA) is 90.5 Å². The number of hydrogen-bond acceptors (Lipinski definition) is 4. The fourth-order valence-electron chi connectivity index (χ4n) is 2.60. The maximum Gasteiger partial charge on any atom is 0.239 e. The second-order valence-electron chi connectivity index (χ2n) is 5.86. The Balaban J connectivity index is 1.75. The van der Waals surface area contributed by atoms with Gasteiger partial charge in [0.25, 0.3) is 0 Å². The van der Waals surface area contributed by atoms with Crippen LogP contribution >= 0.6 is 0 Å². The highest BCUT2D eigenvalue weighted by Gasteiger charge is 2.33. The molecule has 2 fully saturated rings. The SMILES string of the molecule is CC1CCC(O)(CNC(=O)C2CNC(=O)CN2)CC1. The molecule has 1 atom stereocenters. The first-order chi connectivity index (χ1) is 8.98. The number of aliphatic hydroxyl groups is 1. The van der Waals surface area contributed by atoms with E-state index in [1.807, 2.05) is 0 Å². The molecule has 2 aliphatic rings. The van der Waals surface area contributed by atoms with Gasteiger partial charge in [-0.2, -0.15) is 0 Å². The van der Waals surface area contributed by atoms with Gasteiger partial charge in [0.15, 0.2) is 0 Å². The minimum Gasteiger partial charge on any atom is -0.388 e. The molecule has 6 heteroatoms. The molecule has 0 radical (unpaired) electrons. The quantitative estimate of drug-likeness (QED) is 0.536. The summed E-state index contributed by atoms with van der Waals surface area (Å²) in [6.07, 6.45) is 3.49. The minimum absolute atomic E-state index is 0.0936. The molecule has 1 aliphatic heterocycles. The van der Waals surface area contributed by atoms with Crippen LogP contribution in [-0.2, 0) is 9.59 Å². The third-order valence-electron chi connectivity index (χ3n) is 4.13. The van der Waals surface area contributed by atoms with Crippen molar-refractivity contribution in [1.82, 2.24) is 16.0 Å². The van der Waals surface area contributed by atoms with Crippen molar-refractivity contribution >= 4 is 11.8 Å². The lowest BCUT2D eigenvalue weighted by atomic mass is 9.79. The molecule has 0 bridgehead atoms. The fourth-order valence-corrected chi connectivity index (χ4v) is 2.60. The van der Waals surface area contributed by atoms with Crippen LogP contribution in [0, 0.1) is 5.92 Å². The average molecular weight is 269 g/mol. The first-order valence-electron chi connectivity index (χ1n) is 6.99. The maximum absolute atomic E-state index is 11.9. The molecule has 19 heavy (non-hydrogen) atoms. The van der Waals surface area contributed by atoms with Gasteiger partial charge in [-0.05, 0) is 31.6 Å². The van der Waals surface area contributed by atoms with Crippen molar-refractivity contribution in [3.63, 3.8) is 0 Å². The molecule has 0 spiro atoms. The highest BCUT2D eigenvalue weighted by Crippen LogP contribution is 2.31. The Morgan fingerprint density at radius 3 is 2.74 bits per heavy atom. The van der Waals surface area contributed by atoms with E-state index in [4.69, 9.17) is 0 Å². The van der Waals surface area contributed by atoms with E-state index < -0.39 is 11.6 Å². The monoisotopic (exact) mass is 269 g/mol. The summed E-state index contributed by atoms with van der Waals surface area (Å²) >= 11 is 0. The maximum atomic E-state index is 11.9. The van der Waals surface area contributed by atoms with Gasteiger partial charge < -0.3 is 15.7 Å². The minimum atomic E-state index is -0.764. The Hall–Kier alpha value is -1.14. The average Bonchev–Trinajstić information content (AvgIpc) is 2.41. The Morgan fingerprint density at radius 2 is 2.16 bits per heavy atom. The van der Waals surface area contributed by atoms with Crippen molar-refractivity contribution in [2.45, 2.75) is 44.2 Å². The first kappa shape index (κ1) is 14.3. The van der Waals surface area contributed by atoms with Gasteiger partial charge in [-0.15, -0.1) is 0 Å². The number of rotatable bonds is 3. The highest BCUT2D eigenvalue weighted by molar-refractivity contribution is 5.86. The lowest BCUT2D eigenvalue weighted by Crippen LogP contribution is -2.59. The molecule has 0 aromatic heterocycles. The van der Waals surface area contributed by atoms with E-state index in [0.717, 1.165) is 25.7 Å². The highest BCUT2D eigenvalue weighted by atomic mass is 16.3. The van der Waals surface area contributed by atoms with Crippen LogP contribution < -0.4 is 16.0 Å². The third kappa shape index (κ3) is 3.91. The summed E-state index contributed by atoms with van der Waals surface area (Å²) in [5.74, 6) is 0.405. The predicted molar refractivity (Wildman–Crippen MR) is 70.4 cm³/mol. The molecule has 108 valence electrons. The number of carbonyl (C=O) groups excluding carboxylic acids is 2. The molecule has 0 aromatic carbocycles. The second kappa shape index (κ2) is 5.88. The standard InChI is InChI=1S/C13H23N3O3/c1-9-2-4-13(19,5-3-9)8-16-12(18)10-6-15-11(17)7-14-10/h9-10,14,19H,2-8H2,1H3,(H,15,17)(H,16,18). The number of piperazine rings is 1. The van der Waals surface area contributed by atoms with E-state index in [1.165, 1.54) is 0 Å². The molecule has 1 unspecified atom stereocenters. The molecule has 2 amide bonds. The summed E-state index contributed by atoms with van der Waals surface area (Å²) in [7, 11) is 0. The fraction of sp³-hybridized carbons (Fsp3) is 0.846. The van der Waals surface area contributed by atoms with Crippen LogP contribution in [0.25, 0.3) is 0 Å².